The minimum Gasteiger partial charge on any atom is -0.507 e. The zero-order valence-electron chi connectivity index (χ0n) is 19.3. The molecular formula is C28H28N2O5. The molecular weight excluding hydrogens is 444 g/mol. The normalized spacial score (nSPS) is 17.8. The Kier molecular flexibility index (Phi) is 7.57. The van der Waals surface area contributed by atoms with Gasteiger partial charge in [-0.2, -0.15) is 0 Å². The van der Waals surface area contributed by atoms with Crippen LogP contribution in [0.1, 0.15) is 41.5 Å². The molecule has 0 radical (unpaired) electrons. The molecule has 35 heavy (non-hydrogen) atoms. The van der Waals surface area contributed by atoms with Gasteiger partial charge in [0.15, 0.2) is 0 Å². The van der Waals surface area contributed by atoms with Crippen molar-refractivity contribution in [1.29, 1.82) is 0 Å². The molecule has 1 aliphatic carbocycles. The SMILES string of the molecule is O=C(C=C(O)c1cc(Cc2ccccc2)cn(Cc2ccccc2)c1=O)C(=O)N[C@H]1CCC[C@@H]1O. The summed E-state index contributed by atoms with van der Waals surface area (Å²) in [5.74, 6) is -2.48. The van der Waals surface area contributed by atoms with E-state index in [-0.39, 0.29) is 12.1 Å². The number of carbonyl (C=O) groups is 2. The summed E-state index contributed by atoms with van der Waals surface area (Å²) in [4.78, 5) is 38.0. The van der Waals surface area contributed by atoms with E-state index in [0.29, 0.717) is 19.3 Å². The van der Waals surface area contributed by atoms with Crippen LogP contribution in [0.25, 0.3) is 5.76 Å². The van der Waals surface area contributed by atoms with Crippen molar-refractivity contribution in [2.75, 3.05) is 0 Å². The van der Waals surface area contributed by atoms with Gasteiger partial charge in [0.1, 0.15) is 5.76 Å². The number of benzene rings is 2. The Morgan fingerprint density at radius 2 is 1.63 bits per heavy atom. The molecule has 1 aliphatic rings. The number of pyridine rings is 1. The summed E-state index contributed by atoms with van der Waals surface area (Å²) < 4.78 is 1.49. The first-order chi connectivity index (χ1) is 16.9. The third kappa shape index (κ3) is 6.13. The molecule has 2 aromatic carbocycles. The highest BCUT2D eigenvalue weighted by Gasteiger charge is 2.28. The maximum atomic E-state index is 13.2. The minimum absolute atomic E-state index is 0.0589. The van der Waals surface area contributed by atoms with Crippen LogP contribution >= 0.6 is 0 Å². The van der Waals surface area contributed by atoms with E-state index >= 15 is 0 Å². The number of rotatable bonds is 8. The van der Waals surface area contributed by atoms with Crippen molar-refractivity contribution in [3.8, 4) is 0 Å². The first kappa shape index (κ1) is 24.2. The van der Waals surface area contributed by atoms with E-state index in [1.807, 2.05) is 60.7 Å². The van der Waals surface area contributed by atoms with Crippen molar-refractivity contribution in [3.63, 3.8) is 0 Å². The zero-order chi connectivity index (χ0) is 24.8. The summed E-state index contributed by atoms with van der Waals surface area (Å²) in [7, 11) is 0. The van der Waals surface area contributed by atoms with Crippen molar-refractivity contribution in [3.05, 3.63) is 112 Å². The molecule has 4 rings (SSSR count). The van der Waals surface area contributed by atoms with E-state index in [4.69, 9.17) is 0 Å². The Bertz CT molecular complexity index is 1280. The lowest BCUT2D eigenvalue weighted by atomic mass is 10.0. The summed E-state index contributed by atoms with van der Waals surface area (Å²) in [5, 5.41) is 23.1. The Balaban J connectivity index is 1.64. The number of hydrogen-bond donors (Lipinski definition) is 3. The van der Waals surface area contributed by atoms with E-state index in [1.54, 1.807) is 12.3 Å². The second kappa shape index (κ2) is 11.0. The number of aliphatic hydroxyl groups is 2. The first-order valence-corrected chi connectivity index (χ1v) is 11.7. The van der Waals surface area contributed by atoms with Crippen LogP contribution in [-0.2, 0) is 22.6 Å². The third-order valence-corrected chi connectivity index (χ3v) is 6.15. The molecule has 0 spiro atoms. The molecule has 0 aliphatic heterocycles. The van der Waals surface area contributed by atoms with Crippen LogP contribution in [0.15, 0.2) is 83.8 Å². The molecule has 0 saturated heterocycles. The Hall–Kier alpha value is -3.97. The minimum atomic E-state index is -0.982. The van der Waals surface area contributed by atoms with Crippen LogP contribution in [0.4, 0.5) is 0 Å². The second-order valence-corrected chi connectivity index (χ2v) is 8.82. The van der Waals surface area contributed by atoms with Crippen molar-refractivity contribution in [2.45, 2.75) is 44.4 Å². The molecule has 7 heteroatoms. The molecule has 0 bridgehead atoms. The fourth-order valence-electron chi connectivity index (χ4n) is 4.32. The van der Waals surface area contributed by atoms with Crippen LogP contribution in [0, 0.1) is 0 Å². The average Bonchev–Trinajstić information content (AvgIpc) is 3.26. The van der Waals surface area contributed by atoms with Gasteiger partial charge in [-0.3, -0.25) is 14.4 Å². The highest BCUT2D eigenvalue weighted by atomic mass is 16.3. The van der Waals surface area contributed by atoms with Gasteiger partial charge >= 0.3 is 0 Å². The maximum Gasteiger partial charge on any atom is 0.292 e. The number of nitrogens with one attached hydrogen (secondary N) is 1. The average molecular weight is 473 g/mol. The van der Waals surface area contributed by atoms with Crippen LogP contribution in [0.2, 0.25) is 0 Å². The van der Waals surface area contributed by atoms with E-state index in [2.05, 4.69) is 5.32 Å². The predicted octanol–water partition coefficient (Wildman–Crippen LogP) is 2.99. The molecule has 1 saturated carbocycles. The van der Waals surface area contributed by atoms with Gasteiger partial charge in [-0.25, -0.2) is 0 Å². The highest BCUT2D eigenvalue weighted by molar-refractivity contribution is 6.41. The zero-order valence-corrected chi connectivity index (χ0v) is 19.3. The maximum absolute atomic E-state index is 13.2. The third-order valence-electron chi connectivity index (χ3n) is 6.15. The van der Waals surface area contributed by atoms with E-state index in [1.165, 1.54) is 4.57 Å². The van der Waals surface area contributed by atoms with E-state index in [9.17, 15) is 24.6 Å². The fraction of sp³-hybridized carbons (Fsp3) is 0.250. The molecule has 3 N–H and O–H groups in total. The van der Waals surface area contributed by atoms with Crippen LogP contribution in [0.3, 0.4) is 0 Å². The standard InChI is InChI=1S/C28H28N2O5/c31-24-13-7-12-23(24)29-27(34)26(33)16-25(32)22-15-21(14-19-8-3-1-4-9-19)18-30(28(22)35)17-20-10-5-2-6-11-20/h1-6,8-11,15-16,18,23-24,31-32H,7,12-14,17H2,(H,29,34)/t23-,24-/m0/s1. The van der Waals surface area contributed by atoms with Gasteiger partial charge < -0.3 is 20.1 Å². The summed E-state index contributed by atoms with van der Waals surface area (Å²) in [5.41, 5.74) is 2.17. The molecule has 1 fully saturated rings. The molecule has 180 valence electrons. The number of aliphatic hydroxyl groups excluding tert-OH is 2. The van der Waals surface area contributed by atoms with Crippen molar-refractivity contribution < 1.29 is 19.8 Å². The lowest BCUT2D eigenvalue weighted by Crippen LogP contribution is -2.42. The molecule has 7 nitrogen and oxygen atoms in total. The number of ketones is 1. The number of aromatic nitrogens is 1. The summed E-state index contributed by atoms with van der Waals surface area (Å²) in [6.45, 7) is 0.288. The van der Waals surface area contributed by atoms with E-state index < -0.39 is 35.2 Å². The molecule has 1 heterocycles. The number of carbonyl (C=O) groups excluding carboxylic acids is 2. The van der Waals surface area contributed by atoms with Gasteiger partial charge in [0.25, 0.3) is 11.5 Å². The lowest BCUT2D eigenvalue weighted by Gasteiger charge is -2.15. The smallest absolute Gasteiger partial charge is 0.292 e. The summed E-state index contributed by atoms with van der Waals surface area (Å²) in [6, 6.07) is 20.2. The number of nitrogens with zero attached hydrogens (tertiary/aromatic N) is 1. The lowest BCUT2D eigenvalue weighted by molar-refractivity contribution is -0.136. The van der Waals surface area contributed by atoms with Gasteiger partial charge in [0.05, 0.1) is 24.3 Å². The fourth-order valence-corrected chi connectivity index (χ4v) is 4.32. The number of hydrogen-bond acceptors (Lipinski definition) is 5. The highest BCUT2D eigenvalue weighted by Crippen LogP contribution is 2.19. The molecule has 1 aromatic heterocycles. The molecule has 3 aromatic rings. The van der Waals surface area contributed by atoms with Crippen molar-refractivity contribution in [2.24, 2.45) is 0 Å². The van der Waals surface area contributed by atoms with Gasteiger partial charge in [0, 0.05) is 12.3 Å². The van der Waals surface area contributed by atoms with Crippen molar-refractivity contribution in [1.82, 2.24) is 9.88 Å². The number of amides is 1. The molecule has 2 atom stereocenters. The monoisotopic (exact) mass is 472 g/mol. The van der Waals surface area contributed by atoms with Crippen molar-refractivity contribution >= 4 is 17.4 Å². The van der Waals surface area contributed by atoms with Crippen LogP contribution < -0.4 is 10.9 Å². The van der Waals surface area contributed by atoms with Gasteiger partial charge in [-0.1, -0.05) is 60.7 Å². The van der Waals surface area contributed by atoms with Gasteiger partial charge in [0.2, 0.25) is 5.78 Å². The Morgan fingerprint density at radius 1 is 0.971 bits per heavy atom. The Morgan fingerprint density at radius 3 is 2.26 bits per heavy atom. The summed E-state index contributed by atoms with van der Waals surface area (Å²) >= 11 is 0. The second-order valence-electron chi connectivity index (χ2n) is 8.82. The molecule has 0 unspecified atom stereocenters. The topological polar surface area (TPSA) is 109 Å². The van der Waals surface area contributed by atoms with Crippen LogP contribution in [-0.4, -0.2) is 38.6 Å². The summed E-state index contributed by atoms with van der Waals surface area (Å²) in [6.07, 6.45) is 4.25. The first-order valence-electron chi connectivity index (χ1n) is 11.7. The van der Waals surface area contributed by atoms with E-state index in [0.717, 1.165) is 29.2 Å². The largest absolute Gasteiger partial charge is 0.507 e. The predicted molar refractivity (Wildman–Crippen MR) is 133 cm³/mol. The quantitative estimate of drug-likeness (QED) is 0.265. The van der Waals surface area contributed by atoms with Crippen LogP contribution in [0.5, 0.6) is 0 Å². The Labute approximate surface area is 203 Å². The molecule has 1 amide bonds. The van der Waals surface area contributed by atoms with Gasteiger partial charge in [-0.15, -0.1) is 0 Å². The van der Waals surface area contributed by atoms with Gasteiger partial charge in [-0.05, 0) is 48.4 Å².